The molecule has 11 nitrogen and oxygen atoms in total. The number of piperazine rings is 1. The summed E-state index contributed by atoms with van der Waals surface area (Å²) in [7, 11) is 1.12. The number of rotatable bonds is 15. The number of carbonyl (C=O) groups excluding carboxylic acids is 2. The summed E-state index contributed by atoms with van der Waals surface area (Å²) < 4.78 is 73.5. The molecule has 2 aliphatic rings. The second-order valence-electron chi connectivity index (χ2n) is 16.3. The van der Waals surface area contributed by atoms with Gasteiger partial charge in [-0.15, -0.1) is 0 Å². The molecule has 0 spiro atoms. The van der Waals surface area contributed by atoms with E-state index < -0.39 is 60.8 Å². The number of nitrogens with zero attached hydrogens (tertiary/aromatic N) is 4. The van der Waals surface area contributed by atoms with Crippen molar-refractivity contribution in [1.29, 1.82) is 0 Å². The standard InChI is InChI=1S/C45H49ClF5N7O4/c1-44(2,26-47)41(56-43(61)62-3)42(60)55-38(39(59)23-52-22-34-35(46)19-31(20-36(34)48)37-6-4-5-17-53-37)18-29-10-7-28(8-11-29)9-12-30-13-16-40(54-21-30)57-24-32-14-15-33(25-57)58(32)27-45(49,50)51/h4-8,10-11,13,16-17,19-21,32-33,38-39,41,52,59H,14-15,18,22-27H2,1-3H3,(H,55,60)(H,56,61)/t32?,33?,38-,39-,41?/m0/s1. The molecular weight excluding hydrogens is 833 g/mol. The topological polar surface area (TPSA) is 132 Å². The van der Waals surface area contributed by atoms with Crippen LogP contribution in [0.2, 0.25) is 5.02 Å². The molecule has 62 heavy (non-hydrogen) atoms. The van der Waals surface area contributed by atoms with Crippen molar-refractivity contribution in [2.45, 2.75) is 76.1 Å². The molecule has 0 radical (unpaired) electrons. The zero-order chi connectivity index (χ0) is 44.6. The van der Waals surface area contributed by atoms with Crippen molar-refractivity contribution in [3.05, 3.63) is 112 Å². The molecule has 330 valence electrons. The van der Waals surface area contributed by atoms with Gasteiger partial charge in [-0.25, -0.2) is 14.2 Å². The van der Waals surface area contributed by atoms with Crippen LogP contribution in [-0.2, 0) is 22.5 Å². The number of hydrogen-bond acceptors (Lipinski definition) is 9. The SMILES string of the molecule is COC(=O)NC(C(=O)N[C@@H](Cc1ccc(C#Cc2ccc(N3CC4CCC(C3)N4CC(F)(F)F)nc2)cc1)[C@@H](O)CNCc1c(F)cc(-c2ccccn2)cc1Cl)C(C)(C)CF. The van der Waals surface area contributed by atoms with Crippen LogP contribution < -0.4 is 20.9 Å². The highest BCUT2D eigenvalue weighted by molar-refractivity contribution is 6.31. The lowest BCUT2D eigenvalue weighted by atomic mass is 9.85. The summed E-state index contributed by atoms with van der Waals surface area (Å²) in [5, 5.41) is 19.8. The number of amides is 2. The predicted molar refractivity (Wildman–Crippen MR) is 226 cm³/mol. The molecule has 2 amide bonds. The number of alkyl carbamates (subject to hydrolysis) is 1. The van der Waals surface area contributed by atoms with Gasteiger partial charge in [0.05, 0.1) is 38.2 Å². The van der Waals surface area contributed by atoms with Gasteiger partial charge in [0.1, 0.15) is 17.7 Å². The van der Waals surface area contributed by atoms with Crippen molar-refractivity contribution in [3.8, 4) is 23.1 Å². The number of aromatic nitrogens is 2. The summed E-state index contributed by atoms with van der Waals surface area (Å²) >= 11 is 6.47. The fraction of sp³-hybridized carbons (Fsp3) is 0.422. The van der Waals surface area contributed by atoms with Crippen LogP contribution >= 0.6 is 11.6 Å². The first-order chi connectivity index (χ1) is 29.5. The third kappa shape index (κ3) is 12.0. The molecular formula is C45H49ClF5N7O4. The highest BCUT2D eigenvalue weighted by atomic mass is 35.5. The van der Waals surface area contributed by atoms with Crippen LogP contribution in [-0.4, -0.2) is 108 Å². The van der Waals surface area contributed by atoms with E-state index in [0.717, 1.165) is 20.0 Å². The number of anilines is 1. The monoisotopic (exact) mass is 881 g/mol. The van der Waals surface area contributed by atoms with Crippen molar-refractivity contribution in [1.82, 2.24) is 30.8 Å². The van der Waals surface area contributed by atoms with Crippen molar-refractivity contribution < 1.29 is 41.4 Å². The van der Waals surface area contributed by atoms with Crippen molar-refractivity contribution in [2.24, 2.45) is 5.41 Å². The highest BCUT2D eigenvalue weighted by Crippen LogP contribution is 2.35. The molecule has 2 aromatic heterocycles. The first-order valence-corrected chi connectivity index (χ1v) is 20.5. The van der Waals surface area contributed by atoms with Gasteiger partial charge in [0, 0.05) is 83.3 Å². The van der Waals surface area contributed by atoms with Crippen molar-refractivity contribution in [3.63, 3.8) is 0 Å². The molecule has 5 atom stereocenters. The Hall–Kier alpha value is -5.34. The average Bonchev–Trinajstić information content (AvgIpc) is 3.45. The third-order valence-corrected chi connectivity index (χ3v) is 11.5. The van der Waals surface area contributed by atoms with Gasteiger partial charge in [-0.05, 0) is 73.4 Å². The third-order valence-electron chi connectivity index (χ3n) is 11.2. The van der Waals surface area contributed by atoms with Crippen LogP contribution in [0.1, 0.15) is 48.9 Å². The van der Waals surface area contributed by atoms with Crippen molar-refractivity contribution >= 4 is 29.4 Å². The summed E-state index contributed by atoms with van der Waals surface area (Å²) in [5.74, 6) is 5.55. The Morgan fingerprint density at radius 1 is 0.984 bits per heavy atom. The Bertz CT molecular complexity index is 2190. The van der Waals surface area contributed by atoms with Crippen LogP contribution in [0.5, 0.6) is 0 Å². The quantitative estimate of drug-likeness (QED) is 0.0787. The second kappa shape index (κ2) is 20.2. The van der Waals surface area contributed by atoms with Gasteiger partial charge in [-0.3, -0.25) is 19.1 Å². The Morgan fingerprint density at radius 2 is 1.68 bits per heavy atom. The molecule has 0 aliphatic carbocycles. The first kappa shape index (κ1) is 46.2. The maximum atomic E-state index is 15.3. The number of carbonyl (C=O) groups is 2. The van der Waals surface area contributed by atoms with Crippen LogP contribution in [0.4, 0.5) is 32.6 Å². The maximum absolute atomic E-state index is 15.3. The lowest BCUT2D eigenvalue weighted by Gasteiger charge is -2.41. The minimum absolute atomic E-state index is 0.0544. The normalized spacial score (nSPS) is 18.0. The molecule has 6 rings (SSSR count). The van der Waals surface area contributed by atoms with Gasteiger partial charge in [-0.1, -0.05) is 55.5 Å². The van der Waals surface area contributed by atoms with Gasteiger partial charge in [0.25, 0.3) is 0 Å². The summed E-state index contributed by atoms with van der Waals surface area (Å²) in [6.45, 7) is 1.88. The number of pyridine rings is 2. The van der Waals surface area contributed by atoms with Gasteiger partial charge in [0.2, 0.25) is 5.91 Å². The lowest BCUT2D eigenvalue weighted by Crippen LogP contribution is -2.59. The fourth-order valence-corrected chi connectivity index (χ4v) is 8.05. The Morgan fingerprint density at radius 3 is 2.27 bits per heavy atom. The van der Waals surface area contributed by atoms with E-state index in [2.05, 4.69) is 42.5 Å². The predicted octanol–water partition coefficient (Wildman–Crippen LogP) is 6.45. The molecule has 4 N–H and O–H groups in total. The van der Waals surface area contributed by atoms with Crippen LogP contribution in [0.25, 0.3) is 11.3 Å². The number of halogens is 6. The molecule has 3 unspecified atom stereocenters. The maximum Gasteiger partial charge on any atom is 0.407 e. The van der Waals surface area contributed by atoms with E-state index in [1.54, 1.807) is 65.8 Å². The van der Waals surface area contributed by atoms with Crippen LogP contribution in [0.15, 0.2) is 79.1 Å². The van der Waals surface area contributed by atoms with E-state index >= 15 is 4.39 Å². The van der Waals surface area contributed by atoms with Gasteiger partial charge >= 0.3 is 12.3 Å². The van der Waals surface area contributed by atoms with E-state index in [9.17, 15) is 32.3 Å². The number of aliphatic hydroxyl groups is 1. The van der Waals surface area contributed by atoms with Crippen molar-refractivity contribution in [2.75, 3.05) is 44.9 Å². The number of alkyl halides is 4. The van der Waals surface area contributed by atoms with Gasteiger partial charge in [-0.2, -0.15) is 13.2 Å². The largest absolute Gasteiger partial charge is 0.453 e. The molecule has 4 aromatic rings. The first-order valence-electron chi connectivity index (χ1n) is 20.2. The molecule has 0 saturated carbocycles. The molecule has 2 fully saturated rings. The number of hydrogen-bond donors (Lipinski definition) is 4. The van der Waals surface area contributed by atoms with Gasteiger partial charge < -0.3 is 30.7 Å². The number of nitrogens with one attached hydrogen (secondary N) is 3. The summed E-state index contributed by atoms with van der Waals surface area (Å²) in [5.41, 5.74) is 1.89. The van der Waals surface area contributed by atoms with E-state index in [4.69, 9.17) is 11.6 Å². The molecule has 2 aromatic carbocycles. The molecule has 2 saturated heterocycles. The van der Waals surface area contributed by atoms with Crippen LogP contribution in [0.3, 0.4) is 0 Å². The summed E-state index contributed by atoms with van der Waals surface area (Å²) in [4.78, 5) is 38.3. The number of ether oxygens (including phenoxy) is 1. The smallest absolute Gasteiger partial charge is 0.407 e. The highest BCUT2D eigenvalue weighted by Gasteiger charge is 2.45. The number of benzene rings is 2. The van der Waals surface area contributed by atoms with E-state index in [0.29, 0.717) is 46.9 Å². The zero-order valence-electron chi connectivity index (χ0n) is 34.5. The Kier molecular flexibility index (Phi) is 15.1. The average molecular weight is 882 g/mol. The lowest BCUT2D eigenvalue weighted by molar-refractivity contribution is -0.153. The minimum Gasteiger partial charge on any atom is -0.453 e. The molecule has 2 bridgehead atoms. The van der Waals surface area contributed by atoms with Gasteiger partial charge in [0.15, 0.2) is 0 Å². The van der Waals surface area contributed by atoms with Crippen LogP contribution in [0, 0.1) is 23.1 Å². The number of methoxy groups -OCH3 is 1. The number of aliphatic hydroxyl groups excluding tert-OH is 1. The minimum atomic E-state index is -4.23. The molecule has 2 aliphatic heterocycles. The second-order valence-corrected chi connectivity index (χ2v) is 16.7. The fourth-order valence-electron chi connectivity index (χ4n) is 7.77. The summed E-state index contributed by atoms with van der Waals surface area (Å²) in [6, 6.07) is 16.3. The summed E-state index contributed by atoms with van der Waals surface area (Å²) in [6.07, 6.45) is -1.64. The Labute approximate surface area is 362 Å². The Balaban J connectivity index is 1.12. The molecule has 4 heterocycles. The molecule has 17 heteroatoms. The van der Waals surface area contributed by atoms with E-state index in [1.807, 2.05) is 17.0 Å². The van der Waals surface area contributed by atoms with E-state index in [-0.39, 0.29) is 42.2 Å². The zero-order valence-corrected chi connectivity index (χ0v) is 35.2. The number of fused-ring (bicyclic) bond motifs is 2. The van der Waals surface area contributed by atoms with E-state index in [1.165, 1.54) is 19.9 Å².